The van der Waals surface area contributed by atoms with Gasteiger partial charge in [0.1, 0.15) is 6.54 Å². The van der Waals surface area contributed by atoms with Crippen LogP contribution >= 0.6 is 23.2 Å². The van der Waals surface area contributed by atoms with E-state index in [0.717, 1.165) is 0 Å². The highest BCUT2D eigenvalue weighted by Crippen LogP contribution is 2.33. The molecule has 11 heteroatoms. The zero-order chi connectivity index (χ0) is 22.3. The van der Waals surface area contributed by atoms with Crippen molar-refractivity contribution in [2.75, 3.05) is 5.32 Å². The Morgan fingerprint density at radius 1 is 1.26 bits per heavy atom. The molecule has 1 N–H and O–H groups in total. The molecule has 160 valence electrons. The van der Waals surface area contributed by atoms with E-state index in [1.807, 2.05) is 0 Å². The van der Waals surface area contributed by atoms with E-state index in [4.69, 9.17) is 23.2 Å². The SMILES string of the molecule is Cc1nn(CC(=O)Nc2c(Cl)cccc2Cl)c2nc(-c3cnn(C)c3)cc(C(F)F)c12. The topological polar surface area (TPSA) is 77.6 Å². The molecule has 31 heavy (non-hydrogen) atoms. The smallest absolute Gasteiger partial charge is 0.264 e. The van der Waals surface area contributed by atoms with E-state index >= 15 is 0 Å². The van der Waals surface area contributed by atoms with Crippen molar-refractivity contribution in [3.8, 4) is 11.3 Å². The molecule has 0 radical (unpaired) electrons. The number of hydrogen-bond donors (Lipinski definition) is 1. The minimum atomic E-state index is -2.74. The predicted octanol–water partition coefficient (Wildman–Crippen LogP) is 5.02. The van der Waals surface area contributed by atoms with Crippen LogP contribution in [0.2, 0.25) is 10.0 Å². The van der Waals surface area contributed by atoms with Gasteiger partial charge in [-0.1, -0.05) is 29.3 Å². The fourth-order valence-corrected chi connectivity index (χ4v) is 3.79. The van der Waals surface area contributed by atoms with E-state index in [2.05, 4.69) is 20.5 Å². The normalized spacial score (nSPS) is 11.5. The van der Waals surface area contributed by atoms with E-state index in [1.165, 1.54) is 16.9 Å². The van der Waals surface area contributed by atoms with Crippen LogP contribution in [0.15, 0.2) is 36.7 Å². The van der Waals surface area contributed by atoms with Gasteiger partial charge in [0.25, 0.3) is 6.43 Å². The first kappa shape index (κ1) is 21.2. The zero-order valence-corrected chi connectivity index (χ0v) is 17.9. The Kier molecular flexibility index (Phi) is 5.63. The molecule has 1 amide bonds. The molecule has 0 fully saturated rings. The highest BCUT2D eigenvalue weighted by atomic mass is 35.5. The van der Waals surface area contributed by atoms with E-state index in [9.17, 15) is 13.6 Å². The van der Waals surface area contributed by atoms with Crippen molar-refractivity contribution in [2.45, 2.75) is 19.9 Å². The summed E-state index contributed by atoms with van der Waals surface area (Å²) in [7, 11) is 1.72. The Hall–Kier alpha value is -3.04. The summed E-state index contributed by atoms with van der Waals surface area (Å²) in [4.78, 5) is 17.1. The summed E-state index contributed by atoms with van der Waals surface area (Å²) in [6.45, 7) is 1.33. The molecule has 4 rings (SSSR count). The van der Waals surface area contributed by atoms with Gasteiger partial charge in [0, 0.05) is 24.4 Å². The number of pyridine rings is 1. The molecule has 0 bridgehead atoms. The predicted molar refractivity (Wildman–Crippen MR) is 115 cm³/mol. The monoisotopic (exact) mass is 464 g/mol. The summed E-state index contributed by atoms with van der Waals surface area (Å²) in [6.07, 6.45) is 0.458. The maximum atomic E-state index is 13.8. The van der Waals surface area contributed by atoms with E-state index < -0.39 is 12.3 Å². The lowest BCUT2D eigenvalue weighted by Gasteiger charge is -2.10. The van der Waals surface area contributed by atoms with Crippen molar-refractivity contribution in [3.05, 3.63) is 58.0 Å². The van der Waals surface area contributed by atoms with Crippen LogP contribution in [-0.2, 0) is 18.4 Å². The van der Waals surface area contributed by atoms with Gasteiger partial charge in [-0.15, -0.1) is 0 Å². The lowest BCUT2D eigenvalue weighted by molar-refractivity contribution is -0.116. The molecule has 3 heterocycles. The van der Waals surface area contributed by atoms with Gasteiger partial charge < -0.3 is 5.32 Å². The number of aryl methyl sites for hydroxylation is 2. The number of amides is 1. The zero-order valence-electron chi connectivity index (χ0n) is 16.4. The molecule has 0 aliphatic carbocycles. The third-order valence-corrected chi connectivity index (χ3v) is 5.29. The summed E-state index contributed by atoms with van der Waals surface area (Å²) >= 11 is 12.2. The summed E-state index contributed by atoms with van der Waals surface area (Å²) in [5.74, 6) is -0.480. The lowest BCUT2D eigenvalue weighted by Crippen LogP contribution is -2.20. The molecule has 0 unspecified atom stereocenters. The average Bonchev–Trinajstić information content (AvgIpc) is 3.28. The minimum Gasteiger partial charge on any atom is -0.322 e. The van der Waals surface area contributed by atoms with Crippen molar-refractivity contribution < 1.29 is 13.6 Å². The summed E-state index contributed by atoms with van der Waals surface area (Å²) in [5.41, 5.74) is 1.47. The van der Waals surface area contributed by atoms with Crippen molar-refractivity contribution in [1.82, 2.24) is 24.5 Å². The molecular formula is C20H16Cl2F2N6O. The Balaban J connectivity index is 1.76. The lowest BCUT2D eigenvalue weighted by atomic mass is 10.1. The Morgan fingerprint density at radius 2 is 1.97 bits per heavy atom. The van der Waals surface area contributed by atoms with Crippen molar-refractivity contribution in [3.63, 3.8) is 0 Å². The van der Waals surface area contributed by atoms with E-state index in [-0.39, 0.29) is 38.9 Å². The number of halogens is 4. The quantitative estimate of drug-likeness (QED) is 0.449. The van der Waals surface area contributed by atoms with Crippen LogP contribution in [0.4, 0.5) is 14.5 Å². The second-order valence-electron chi connectivity index (χ2n) is 6.89. The number of nitrogens with one attached hydrogen (secondary N) is 1. The van der Waals surface area contributed by atoms with E-state index in [1.54, 1.807) is 43.0 Å². The van der Waals surface area contributed by atoms with E-state index in [0.29, 0.717) is 17.0 Å². The Labute approximate surface area is 185 Å². The first-order chi connectivity index (χ1) is 14.7. The molecule has 0 aliphatic rings. The second-order valence-corrected chi connectivity index (χ2v) is 7.70. The molecule has 0 saturated carbocycles. The van der Waals surface area contributed by atoms with Crippen LogP contribution in [0.5, 0.6) is 0 Å². The number of rotatable bonds is 5. The van der Waals surface area contributed by atoms with Gasteiger partial charge in [-0.25, -0.2) is 18.4 Å². The first-order valence-electron chi connectivity index (χ1n) is 9.13. The number of carbonyl (C=O) groups excluding carboxylic acids is 1. The first-order valence-corrected chi connectivity index (χ1v) is 9.89. The largest absolute Gasteiger partial charge is 0.322 e. The summed E-state index contributed by atoms with van der Waals surface area (Å²) < 4.78 is 30.5. The van der Waals surface area contributed by atoms with Crippen LogP contribution in [-0.4, -0.2) is 30.5 Å². The molecule has 0 aliphatic heterocycles. The molecule has 1 aromatic carbocycles. The molecule has 0 saturated heterocycles. The third-order valence-electron chi connectivity index (χ3n) is 4.66. The molecule has 3 aromatic heterocycles. The van der Waals surface area contributed by atoms with Gasteiger partial charge in [-0.05, 0) is 25.1 Å². The highest BCUT2D eigenvalue weighted by Gasteiger charge is 2.22. The molecular weight excluding hydrogens is 449 g/mol. The minimum absolute atomic E-state index is 0.176. The summed E-state index contributed by atoms with van der Waals surface area (Å²) in [6, 6.07) is 6.16. The summed E-state index contributed by atoms with van der Waals surface area (Å²) in [5, 5.41) is 11.7. The number of carbonyl (C=O) groups is 1. The van der Waals surface area contributed by atoms with Gasteiger partial charge in [-0.2, -0.15) is 10.2 Å². The van der Waals surface area contributed by atoms with Crippen LogP contribution < -0.4 is 5.32 Å². The average molecular weight is 465 g/mol. The van der Waals surface area contributed by atoms with Crippen LogP contribution in [0.3, 0.4) is 0 Å². The number of anilines is 1. The van der Waals surface area contributed by atoms with Gasteiger partial charge in [-0.3, -0.25) is 9.48 Å². The number of alkyl halides is 2. The number of benzene rings is 1. The molecule has 0 spiro atoms. The van der Waals surface area contributed by atoms with Crippen LogP contribution in [0, 0.1) is 6.92 Å². The number of hydrogen-bond acceptors (Lipinski definition) is 4. The third kappa shape index (κ3) is 4.11. The number of fused-ring (bicyclic) bond motifs is 1. The fourth-order valence-electron chi connectivity index (χ4n) is 3.30. The van der Waals surface area contributed by atoms with Crippen molar-refractivity contribution in [2.24, 2.45) is 7.05 Å². The van der Waals surface area contributed by atoms with Crippen molar-refractivity contribution in [1.29, 1.82) is 0 Å². The Bertz CT molecular complexity index is 1280. The van der Waals surface area contributed by atoms with Crippen molar-refractivity contribution >= 4 is 45.8 Å². The van der Waals surface area contributed by atoms with Crippen LogP contribution in [0.1, 0.15) is 17.7 Å². The van der Waals surface area contributed by atoms with Gasteiger partial charge in [0.15, 0.2) is 5.65 Å². The number of aromatic nitrogens is 5. The highest BCUT2D eigenvalue weighted by molar-refractivity contribution is 6.39. The van der Waals surface area contributed by atoms with Gasteiger partial charge in [0.05, 0.1) is 38.7 Å². The van der Waals surface area contributed by atoms with Gasteiger partial charge in [0.2, 0.25) is 5.91 Å². The number of nitrogens with zero attached hydrogens (tertiary/aromatic N) is 5. The molecule has 7 nitrogen and oxygen atoms in total. The molecule has 0 atom stereocenters. The van der Waals surface area contributed by atoms with Crippen LogP contribution in [0.25, 0.3) is 22.3 Å². The number of para-hydroxylation sites is 1. The maximum Gasteiger partial charge on any atom is 0.264 e. The van der Waals surface area contributed by atoms with Gasteiger partial charge >= 0.3 is 0 Å². The fraction of sp³-hybridized carbons (Fsp3) is 0.200. The molecule has 4 aromatic rings. The maximum absolute atomic E-state index is 13.8. The Morgan fingerprint density at radius 3 is 2.58 bits per heavy atom. The standard InChI is InChI=1S/C20H16Cl2F2N6O/c1-10-17-12(19(23)24)6-15(11-7-25-29(2)8-11)26-20(17)30(28-10)9-16(31)27-18-13(21)4-3-5-14(18)22/h3-8,19H,9H2,1-2H3,(H,27,31). The second kappa shape index (κ2) is 8.24.